The van der Waals surface area contributed by atoms with Crippen LogP contribution in [0.1, 0.15) is 0 Å². The zero-order valence-electron chi connectivity index (χ0n) is 8.04. The van der Waals surface area contributed by atoms with Crippen LogP contribution in [0.15, 0.2) is 18.2 Å². The number of nitro benzene ring substituents is 1. The summed E-state index contributed by atoms with van der Waals surface area (Å²) in [7, 11) is 0. The summed E-state index contributed by atoms with van der Waals surface area (Å²) in [6.07, 6.45) is 0. The van der Waals surface area contributed by atoms with E-state index in [1.807, 2.05) is 0 Å². The molecule has 1 aromatic heterocycles. The number of anilines is 2. The Morgan fingerprint density at radius 1 is 1.38 bits per heavy atom. The first-order chi connectivity index (χ1) is 7.58. The van der Waals surface area contributed by atoms with Crippen LogP contribution < -0.4 is 11.5 Å². The van der Waals surface area contributed by atoms with Crippen LogP contribution in [0.3, 0.4) is 0 Å². The fraction of sp³-hybridized carbons (Fsp3) is 0. The molecule has 0 bridgehead atoms. The second-order valence-corrected chi connectivity index (χ2v) is 3.07. The van der Waals surface area contributed by atoms with E-state index in [0.29, 0.717) is 11.4 Å². The van der Waals surface area contributed by atoms with Crippen molar-refractivity contribution in [2.45, 2.75) is 0 Å². The molecule has 16 heavy (non-hydrogen) atoms. The van der Waals surface area contributed by atoms with E-state index in [1.165, 1.54) is 12.1 Å². The molecule has 0 aliphatic carbocycles. The van der Waals surface area contributed by atoms with Crippen LogP contribution in [0, 0.1) is 10.1 Å². The van der Waals surface area contributed by atoms with Gasteiger partial charge in [0.15, 0.2) is 5.82 Å². The Morgan fingerprint density at radius 3 is 2.69 bits per heavy atom. The molecule has 82 valence electrons. The van der Waals surface area contributed by atoms with E-state index in [0.717, 1.165) is 0 Å². The third-order valence-corrected chi connectivity index (χ3v) is 2.00. The monoisotopic (exact) mass is 220 g/mol. The van der Waals surface area contributed by atoms with E-state index in [4.69, 9.17) is 11.5 Å². The van der Waals surface area contributed by atoms with Crippen molar-refractivity contribution in [3.8, 4) is 11.4 Å². The lowest BCUT2D eigenvalue weighted by molar-refractivity contribution is -0.383. The molecule has 0 spiro atoms. The number of aromatic amines is 1. The number of nitrogen functional groups attached to an aromatic ring is 2. The first-order valence-corrected chi connectivity index (χ1v) is 4.30. The van der Waals surface area contributed by atoms with Gasteiger partial charge in [-0.1, -0.05) is 0 Å². The molecule has 0 aliphatic rings. The van der Waals surface area contributed by atoms with Crippen LogP contribution in [0.5, 0.6) is 0 Å². The fourth-order valence-electron chi connectivity index (χ4n) is 1.25. The molecule has 0 radical (unpaired) electrons. The van der Waals surface area contributed by atoms with Crippen molar-refractivity contribution in [1.82, 2.24) is 15.2 Å². The maximum Gasteiger partial charge on any atom is 0.292 e. The topological polar surface area (TPSA) is 137 Å². The van der Waals surface area contributed by atoms with E-state index in [2.05, 4.69) is 15.2 Å². The lowest BCUT2D eigenvalue weighted by Gasteiger charge is -1.99. The van der Waals surface area contributed by atoms with E-state index < -0.39 is 4.92 Å². The van der Waals surface area contributed by atoms with Crippen molar-refractivity contribution >= 4 is 17.3 Å². The average Bonchev–Trinajstić information content (AvgIpc) is 2.65. The van der Waals surface area contributed by atoms with Gasteiger partial charge in [-0.3, -0.25) is 15.2 Å². The highest BCUT2D eigenvalue weighted by Gasteiger charge is 2.14. The van der Waals surface area contributed by atoms with Crippen LogP contribution in [0.2, 0.25) is 0 Å². The zero-order valence-corrected chi connectivity index (χ0v) is 8.04. The van der Waals surface area contributed by atoms with Gasteiger partial charge in [0, 0.05) is 11.6 Å². The molecule has 8 nitrogen and oxygen atoms in total. The highest BCUT2D eigenvalue weighted by atomic mass is 16.6. The first kappa shape index (κ1) is 9.90. The van der Waals surface area contributed by atoms with Crippen molar-refractivity contribution in [3.05, 3.63) is 28.3 Å². The standard InChI is InChI=1S/C8H8N6O2/c9-5-2-1-4(3-6(5)14(15)16)7-11-8(10)13-12-7/h1-3H,9H2,(H3,10,11,12,13). The highest BCUT2D eigenvalue weighted by Crippen LogP contribution is 2.26. The number of nitrogens with one attached hydrogen (secondary N) is 1. The Morgan fingerprint density at radius 2 is 2.12 bits per heavy atom. The number of rotatable bonds is 2. The predicted molar refractivity (Wildman–Crippen MR) is 57.3 cm³/mol. The Balaban J connectivity index is 2.51. The molecule has 8 heteroatoms. The molecule has 5 N–H and O–H groups in total. The molecule has 0 atom stereocenters. The number of benzene rings is 1. The van der Waals surface area contributed by atoms with Crippen LogP contribution in [-0.2, 0) is 0 Å². The van der Waals surface area contributed by atoms with Crippen LogP contribution in [-0.4, -0.2) is 20.1 Å². The number of nitro groups is 1. The average molecular weight is 220 g/mol. The minimum Gasteiger partial charge on any atom is -0.393 e. The summed E-state index contributed by atoms with van der Waals surface area (Å²) in [6.45, 7) is 0. The van der Waals surface area contributed by atoms with Crippen molar-refractivity contribution in [3.63, 3.8) is 0 Å². The van der Waals surface area contributed by atoms with Gasteiger partial charge in [-0.25, -0.2) is 0 Å². The Bertz CT molecular complexity index is 549. The van der Waals surface area contributed by atoms with Crippen molar-refractivity contribution < 1.29 is 4.92 Å². The summed E-state index contributed by atoms with van der Waals surface area (Å²) in [5.74, 6) is 0.440. The summed E-state index contributed by atoms with van der Waals surface area (Å²) in [5.41, 5.74) is 11.2. The third-order valence-electron chi connectivity index (χ3n) is 2.00. The Labute approximate surface area is 89.4 Å². The molecule has 0 saturated heterocycles. The van der Waals surface area contributed by atoms with Gasteiger partial charge in [-0.05, 0) is 12.1 Å². The minimum atomic E-state index is -0.557. The summed E-state index contributed by atoms with van der Waals surface area (Å²) in [4.78, 5) is 14.0. The molecule has 0 unspecified atom stereocenters. The number of aromatic nitrogens is 3. The molecule has 2 aromatic rings. The van der Waals surface area contributed by atoms with E-state index in [-0.39, 0.29) is 17.3 Å². The van der Waals surface area contributed by atoms with Gasteiger partial charge >= 0.3 is 0 Å². The second kappa shape index (κ2) is 3.50. The van der Waals surface area contributed by atoms with E-state index >= 15 is 0 Å². The van der Waals surface area contributed by atoms with Crippen LogP contribution in [0.25, 0.3) is 11.4 Å². The van der Waals surface area contributed by atoms with E-state index in [9.17, 15) is 10.1 Å². The smallest absolute Gasteiger partial charge is 0.292 e. The number of nitrogens with two attached hydrogens (primary N) is 2. The van der Waals surface area contributed by atoms with Gasteiger partial charge in [-0.2, -0.15) is 4.98 Å². The zero-order chi connectivity index (χ0) is 11.7. The molecular weight excluding hydrogens is 212 g/mol. The van der Waals surface area contributed by atoms with Gasteiger partial charge in [0.25, 0.3) is 5.69 Å². The summed E-state index contributed by atoms with van der Waals surface area (Å²) >= 11 is 0. The van der Waals surface area contributed by atoms with Crippen molar-refractivity contribution in [1.29, 1.82) is 0 Å². The summed E-state index contributed by atoms with van der Waals surface area (Å²) in [5, 5.41) is 16.9. The Hall–Kier alpha value is -2.64. The van der Waals surface area contributed by atoms with Crippen molar-refractivity contribution in [2.24, 2.45) is 0 Å². The molecule has 1 aromatic carbocycles. The third kappa shape index (κ3) is 1.63. The molecule has 1 heterocycles. The SMILES string of the molecule is Nc1n[nH]c(-c2ccc(N)c([N+](=O)[O-])c2)n1. The van der Waals surface area contributed by atoms with Gasteiger partial charge in [-0.15, -0.1) is 5.10 Å². The van der Waals surface area contributed by atoms with Crippen LogP contribution in [0.4, 0.5) is 17.3 Å². The summed E-state index contributed by atoms with van der Waals surface area (Å²) in [6, 6.07) is 4.35. The normalized spacial score (nSPS) is 10.2. The molecule has 2 rings (SSSR count). The summed E-state index contributed by atoms with van der Waals surface area (Å²) < 4.78 is 0. The first-order valence-electron chi connectivity index (χ1n) is 4.30. The van der Waals surface area contributed by atoms with Crippen molar-refractivity contribution in [2.75, 3.05) is 11.5 Å². The maximum absolute atomic E-state index is 10.7. The molecule has 0 saturated carbocycles. The Kier molecular flexibility index (Phi) is 2.16. The largest absolute Gasteiger partial charge is 0.393 e. The molecular formula is C8H8N6O2. The maximum atomic E-state index is 10.7. The molecule has 0 aliphatic heterocycles. The minimum absolute atomic E-state index is 0.0782. The fourth-order valence-corrected chi connectivity index (χ4v) is 1.25. The molecule has 0 fully saturated rings. The second-order valence-electron chi connectivity index (χ2n) is 3.07. The lowest BCUT2D eigenvalue weighted by Crippen LogP contribution is -1.96. The quantitative estimate of drug-likeness (QED) is 0.383. The van der Waals surface area contributed by atoms with Gasteiger partial charge in [0.2, 0.25) is 5.95 Å². The lowest BCUT2D eigenvalue weighted by atomic mass is 10.1. The van der Waals surface area contributed by atoms with Gasteiger partial charge in [0.05, 0.1) is 4.92 Å². The number of nitrogens with zero attached hydrogens (tertiary/aromatic N) is 3. The number of hydrogen-bond acceptors (Lipinski definition) is 6. The number of hydrogen-bond donors (Lipinski definition) is 3. The van der Waals surface area contributed by atoms with Crippen LogP contribution >= 0.6 is 0 Å². The van der Waals surface area contributed by atoms with E-state index in [1.54, 1.807) is 6.07 Å². The number of H-pyrrole nitrogens is 1. The van der Waals surface area contributed by atoms with Gasteiger partial charge < -0.3 is 11.5 Å². The predicted octanol–water partition coefficient (Wildman–Crippen LogP) is 0.544. The van der Waals surface area contributed by atoms with Gasteiger partial charge in [0.1, 0.15) is 5.69 Å². The highest BCUT2D eigenvalue weighted by molar-refractivity contribution is 5.68. The molecule has 0 amide bonds.